The second-order valence-electron chi connectivity index (χ2n) is 7.72. The van der Waals surface area contributed by atoms with Gasteiger partial charge in [0, 0.05) is 17.4 Å². The average Bonchev–Trinajstić information content (AvgIpc) is 3.18. The fourth-order valence-corrected chi connectivity index (χ4v) is 4.61. The molecule has 34 heavy (non-hydrogen) atoms. The summed E-state index contributed by atoms with van der Waals surface area (Å²) in [6.07, 6.45) is 0. The first-order valence-electron chi connectivity index (χ1n) is 10.7. The van der Waals surface area contributed by atoms with E-state index in [9.17, 15) is 14.4 Å². The zero-order chi connectivity index (χ0) is 24.4. The molecule has 4 rings (SSSR count). The lowest BCUT2D eigenvalue weighted by Crippen LogP contribution is -2.25. The number of hydrogen-bond acceptors (Lipinski definition) is 6. The largest absolute Gasteiger partial charge is 0.492 e. The van der Waals surface area contributed by atoms with Crippen molar-refractivity contribution in [3.63, 3.8) is 0 Å². The van der Waals surface area contributed by atoms with Crippen molar-refractivity contribution in [1.82, 2.24) is 9.38 Å². The molecule has 0 unspecified atom stereocenters. The second kappa shape index (κ2) is 9.48. The van der Waals surface area contributed by atoms with Crippen molar-refractivity contribution < 1.29 is 14.3 Å². The lowest BCUT2D eigenvalue weighted by molar-refractivity contribution is 0.0989. The second-order valence-corrected chi connectivity index (χ2v) is 8.70. The van der Waals surface area contributed by atoms with Gasteiger partial charge in [-0.05, 0) is 57.0 Å². The van der Waals surface area contributed by atoms with Crippen molar-refractivity contribution in [2.75, 3.05) is 17.2 Å². The molecule has 9 heteroatoms. The number of benzene rings is 2. The van der Waals surface area contributed by atoms with Gasteiger partial charge in [0.05, 0.1) is 12.3 Å². The summed E-state index contributed by atoms with van der Waals surface area (Å²) in [6.45, 7) is 7.80. The van der Waals surface area contributed by atoms with E-state index in [2.05, 4.69) is 15.6 Å². The summed E-state index contributed by atoms with van der Waals surface area (Å²) < 4.78 is 6.77. The van der Waals surface area contributed by atoms with Gasteiger partial charge in [0.25, 0.3) is 17.4 Å². The number of thiazole rings is 1. The highest BCUT2D eigenvalue weighted by Crippen LogP contribution is 2.28. The van der Waals surface area contributed by atoms with Crippen LogP contribution in [-0.4, -0.2) is 27.8 Å². The van der Waals surface area contributed by atoms with Crippen LogP contribution in [0.25, 0.3) is 4.96 Å². The first-order valence-corrected chi connectivity index (χ1v) is 11.6. The smallest absolute Gasteiger partial charge is 0.274 e. The number of para-hydroxylation sites is 2. The Labute approximate surface area is 200 Å². The van der Waals surface area contributed by atoms with Crippen LogP contribution in [-0.2, 0) is 0 Å². The lowest BCUT2D eigenvalue weighted by Gasteiger charge is -2.12. The Kier molecular flexibility index (Phi) is 6.47. The molecule has 0 spiro atoms. The molecular weight excluding hydrogens is 452 g/mol. The number of aromatic nitrogens is 2. The lowest BCUT2D eigenvalue weighted by atomic mass is 10.1. The van der Waals surface area contributed by atoms with Gasteiger partial charge in [0.15, 0.2) is 4.96 Å². The number of rotatable bonds is 6. The van der Waals surface area contributed by atoms with Gasteiger partial charge in [-0.2, -0.15) is 0 Å². The summed E-state index contributed by atoms with van der Waals surface area (Å²) in [5.74, 6) is -0.623. The first kappa shape index (κ1) is 23.2. The van der Waals surface area contributed by atoms with E-state index in [1.807, 2.05) is 32.9 Å². The van der Waals surface area contributed by atoms with Crippen LogP contribution in [0.4, 0.5) is 11.4 Å². The fourth-order valence-electron chi connectivity index (χ4n) is 3.54. The summed E-state index contributed by atoms with van der Waals surface area (Å²) in [7, 11) is 0. The van der Waals surface area contributed by atoms with Crippen molar-refractivity contribution in [3.05, 3.63) is 86.3 Å². The minimum atomic E-state index is -0.614. The fraction of sp³-hybridized carbons (Fsp3) is 0.200. The Morgan fingerprint density at radius 1 is 1.00 bits per heavy atom. The Bertz CT molecular complexity index is 1470. The molecule has 2 heterocycles. The minimum Gasteiger partial charge on any atom is -0.492 e. The number of carbonyl (C=O) groups excluding carboxylic acids is 2. The van der Waals surface area contributed by atoms with Crippen LogP contribution in [0.5, 0.6) is 5.75 Å². The molecule has 2 aromatic heterocycles. The average molecular weight is 477 g/mol. The van der Waals surface area contributed by atoms with Gasteiger partial charge in [0.1, 0.15) is 16.3 Å². The molecular formula is C25H24N4O4S. The zero-order valence-electron chi connectivity index (χ0n) is 19.3. The summed E-state index contributed by atoms with van der Waals surface area (Å²) >= 11 is 0.991. The number of nitrogens with one attached hydrogen (secondary N) is 2. The molecule has 0 saturated heterocycles. The van der Waals surface area contributed by atoms with Gasteiger partial charge in [0.2, 0.25) is 0 Å². The third-order valence-corrected chi connectivity index (χ3v) is 6.40. The molecule has 2 N–H and O–H groups in total. The van der Waals surface area contributed by atoms with Crippen molar-refractivity contribution in [1.29, 1.82) is 0 Å². The topological polar surface area (TPSA) is 102 Å². The molecule has 0 atom stereocenters. The maximum atomic E-state index is 13.5. The third-order valence-electron chi connectivity index (χ3n) is 5.36. The summed E-state index contributed by atoms with van der Waals surface area (Å²) in [5.41, 5.74) is 2.99. The van der Waals surface area contributed by atoms with Gasteiger partial charge in [-0.25, -0.2) is 9.38 Å². The third kappa shape index (κ3) is 4.42. The summed E-state index contributed by atoms with van der Waals surface area (Å²) in [4.78, 5) is 44.4. The number of fused-ring (bicyclic) bond motifs is 1. The molecule has 0 radical (unpaired) electrons. The van der Waals surface area contributed by atoms with Crippen LogP contribution in [0.15, 0.2) is 53.3 Å². The van der Waals surface area contributed by atoms with E-state index in [-0.39, 0.29) is 15.5 Å². The molecule has 0 aliphatic carbocycles. The van der Waals surface area contributed by atoms with Gasteiger partial charge in [-0.3, -0.25) is 14.4 Å². The van der Waals surface area contributed by atoms with Crippen molar-refractivity contribution in [2.45, 2.75) is 27.7 Å². The zero-order valence-corrected chi connectivity index (χ0v) is 20.1. The standard InChI is InChI=1S/C25H24N4O4S/c1-5-33-19-12-7-6-10-18(19)28-23(31)21-22(34-25-26-15(3)13-20(30)29(21)25)24(32)27-17-11-8-9-14(2)16(17)4/h6-13H,5H2,1-4H3,(H,27,32)(H,28,31). The SMILES string of the molecule is CCOc1ccccc1NC(=O)c1c(C(=O)Nc2cccc(C)c2C)sc2nc(C)cc(=O)n12. The molecule has 2 amide bonds. The number of hydrogen-bond donors (Lipinski definition) is 2. The van der Waals surface area contributed by atoms with E-state index >= 15 is 0 Å². The van der Waals surface area contributed by atoms with Gasteiger partial charge in [-0.15, -0.1) is 0 Å². The summed E-state index contributed by atoms with van der Waals surface area (Å²) in [6, 6.07) is 13.9. The highest BCUT2D eigenvalue weighted by molar-refractivity contribution is 7.19. The van der Waals surface area contributed by atoms with Crippen LogP contribution in [0.3, 0.4) is 0 Å². The Morgan fingerprint density at radius 3 is 2.47 bits per heavy atom. The highest BCUT2D eigenvalue weighted by Gasteiger charge is 2.27. The van der Waals surface area contributed by atoms with Gasteiger partial charge < -0.3 is 15.4 Å². The molecule has 0 fully saturated rings. The minimum absolute atomic E-state index is 0.0772. The monoisotopic (exact) mass is 476 g/mol. The molecule has 0 saturated carbocycles. The Balaban J connectivity index is 1.81. The van der Waals surface area contributed by atoms with Crippen LogP contribution < -0.4 is 20.9 Å². The number of carbonyl (C=O) groups is 2. The molecule has 4 aromatic rings. The van der Waals surface area contributed by atoms with Crippen LogP contribution in [0.1, 0.15) is 43.9 Å². The predicted molar refractivity (Wildman–Crippen MR) is 134 cm³/mol. The van der Waals surface area contributed by atoms with Crippen LogP contribution in [0.2, 0.25) is 0 Å². The predicted octanol–water partition coefficient (Wildman–Crippen LogP) is 4.58. The van der Waals surface area contributed by atoms with Crippen LogP contribution in [0, 0.1) is 20.8 Å². The Morgan fingerprint density at radius 2 is 1.71 bits per heavy atom. The van der Waals surface area contributed by atoms with E-state index in [1.165, 1.54) is 10.5 Å². The quantitative estimate of drug-likeness (QED) is 0.424. The maximum absolute atomic E-state index is 13.5. The molecule has 0 bridgehead atoms. The molecule has 8 nitrogen and oxygen atoms in total. The number of amides is 2. The molecule has 174 valence electrons. The van der Waals surface area contributed by atoms with E-state index in [4.69, 9.17) is 4.74 Å². The Hall–Kier alpha value is -3.98. The highest BCUT2D eigenvalue weighted by atomic mass is 32.1. The van der Waals surface area contributed by atoms with E-state index < -0.39 is 17.4 Å². The molecule has 0 aliphatic rings. The van der Waals surface area contributed by atoms with Crippen LogP contribution >= 0.6 is 11.3 Å². The normalized spacial score (nSPS) is 10.8. The maximum Gasteiger partial charge on any atom is 0.274 e. The summed E-state index contributed by atoms with van der Waals surface area (Å²) in [5, 5.41) is 5.66. The molecule has 0 aliphatic heterocycles. The number of aryl methyl sites for hydroxylation is 2. The van der Waals surface area contributed by atoms with E-state index in [0.29, 0.717) is 29.4 Å². The first-order chi connectivity index (χ1) is 16.3. The number of ether oxygens (including phenoxy) is 1. The van der Waals surface area contributed by atoms with E-state index in [1.54, 1.807) is 37.3 Å². The number of anilines is 2. The van der Waals surface area contributed by atoms with Crippen molar-refractivity contribution >= 4 is 39.5 Å². The van der Waals surface area contributed by atoms with Gasteiger partial charge >= 0.3 is 0 Å². The van der Waals surface area contributed by atoms with Crippen molar-refractivity contribution in [2.24, 2.45) is 0 Å². The molecule has 2 aromatic carbocycles. The van der Waals surface area contributed by atoms with E-state index in [0.717, 1.165) is 22.5 Å². The van der Waals surface area contributed by atoms with Gasteiger partial charge in [-0.1, -0.05) is 35.6 Å². The van der Waals surface area contributed by atoms with Crippen molar-refractivity contribution in [3.8, 4) is 5.75 Å². The number of nitrogens with zero attached hydrogens (tertiary/aromatic N) is 2.